The fourth-order valence-electron chi connectivity index (χ4n) is 1.17. The van der Waals surface area contributed by atoms with Gasteiger partial charge in [-0.15, -0.1) is 10.2 Å². The number of alkyl halides is 1. The quantitative estimate of drug-likeness (QED) is 0.744. The average Bonchev–Trinajstić information content (AvgIpc) is 2.49. The molecule has 0 radical (unpaired) electrons. The maximum absolute atomic E-state index is 4.12. The molecule has 0 saturated carbocycles. The molecule has 0 amide bonds. The zero-order valence-electron chi connectivity index (χ0n) is 8.07. The molecule has 5 heteroatoms. The summed E-state index contributed by atoms with van der Waals surface area (Å²) in [7, 11) is 1.79. The van der Waals surface area contributed by atoms with Gasteiger partial charge >= 0.3 is 0 Å². The lowest BCUT2D eigenvalue weighted by Gasteiger charge is -2.04. The summed E-state index contributed by atoms with van der Waals surface area (Å²) < 4.78 is 0. The van der Waals surface area contributed by atoms with Gasteiger partial charge in [-0.1, -0.05) is 29.3 Å². The van der Waals surface area contributed by atoms with Crippen molar-refractivity contribution in [2.75, 3.05) is 0 Å². The van der Waals surface area contributed by atoms with E-state index in [1.54, 1.807) is 7.05 Å². The van der Waals surface area contributed by atoms with E-state index >= 15 is 0 Å². The number of hydrogen-bond acceptors (Lipinski definition) is 3. The van der Waals surface area contributed by atoms with E-state index in [1.165, 1.54) is 17.6 Å². The zero-order chi connectivity index (χ0) is 9.68. The molecule has 1 atom stereocenters. The fraction of sp³-hybridized carbons (Fsp3) is 0.875. The highest BCUT2D eigenvalue weighted by molar-refractivity contribution is 9.09. The maximum atomic E-state index is 4.12. The van der Waals surface area contributed by atoms with Gasteiger partial charge in [-0.3, -0.25) is 0 Å². The molecular weight excluding hydrogens is 232 g/mol. The molecular formula is C8H15BrN4. The minimum absolute atomic E-state index is 0.585. The molecule has 74 valence electrons. The molecule has 1 aromatic rings. The van der Waals surface area contributed by atoms with Crippen molar-refractivity contribution in [2.24, 2.45) is 7.05 Å². The van der Waals surface area contributed by atoms with Gasteiger partial charge in [0.25, 0.3) is 0 Å². The molecule has 0 bridgehead atoms. The first-order chi connectivity index (χ1) is 6.22. The molecule has 0 aromatic carbocycles. The van der Waals surface area contributed by atoms with Gasteiger partial charge in [0.1, 0.15) is 0 Å². The zero-order valence-corrected chi connectivity index (χ0v) is 9.66. The van der Waals surface area contributed by atoms with E-state index in [1.807, 2.05) is 0 Å². The largest absolute Gasteiger partial charge is 0.174 e. The molecule has 0 aliphatic heterocycles. The van der Waals surface area contributed by atoms with Crippen molar-refractivity contribution < 1.29 is 0 Å². The van der Waals surface area contributed by atoms with Crippen molar-refractivity contribution >= 4 is 15.9 Å². The third-order valence-corrected chi connectivity index (χ3v) is 2.75. The normalized spacial score (nSPS) is 13.2. The van der Waals surface area contributed by atoms with Crippen molar-refractivity contribution in [2.45, 2.75) is 37.4 Å². The first-order valence-corrected chi connectivity index (χ1v) is 5.51. The number of aromatic nitrogens is 4. The van der Waals surface area contributed by atoms with E-state index in [0.717, 1.165) is 18.7 Å². The molecule has 0 saturated heterocycles. The lowest BCUT2D eigenvalue weighted by Crippen LogP contribution is -2.01. The topological polar surface area (TPSA) is 43.6 Å². The Labute approximate surface area is 86.8 Å². The summed E-state index contributed by atoms with van der Waals surface area (Å²) in [5, 5.41) is 11.8. The van der Waals surface area contributed by atoms with Crippen molar-refractivity contribution in [1.82, 2.24) is 20.2 Å². The summed E-state index contributed by atoms with van der Waals surface area (Å²) >= 11 is 3.62. The highest BCUT2D eigenvalue weighted by atomic mass is 79.9. The Balaban J connectivity index is 2.26. The predicted molar refractivity (Wildman–Crippen MR) is 54.7 cm³/mol. The van der Waals surface area contributed by atoms with Crippen LogP contribution >= 0.6 is 15.9 Å². The SMILES string of the molecule is CCCC(Br)CCc1nnn(C)n1. The molecule has 1 unspecified atom stereocenters. The minimum atomic E-state index is 0.585. The Morgan fingerprint density at radius 1 is 1.46 bits per heavy atom. The van der Waals surface area contributed by atoms with Crippen LogP contribution in [-0.2, 0) is 13.5 Å². The van der Waals surface area contributed by atoms with Crippen molar-refractivity contribution in [3.63, 3.8) is 0 Å². The highest BCUT2D eigenvalue weighted by Gasteiger charge is 2.06. The third kappa shape index (κ3) is 3.85. The van der Waals surface area contributed by atoms with Gasteiger partial charge in [0, 0.05) is 11.2 Å². The predicted octanol–water partition coefficient (Wildman–Crippen LogP) is 1.71. The monoisotopic (exact) mass is 246 g/mol. The van der Waals surface area contributed by atoms with E-state index in [0.29, 0.717) is 4.83 Å². The second-order valence-corrected chi connectivity index (χ2v) is 4.41. The third-order valence-electron chi connectivity index (χ3n) is 1.83. The Morgan fingerprint density at radius 3 is 2.77 bits per heavy atom. The number of halogens is 1. The van der Waals surface area contributed by atoms with E-state index in [9.17, 15) is 0 Å². The Hall–Kier alpha value is -0.450. The molecule has 0 aliphatic carbocycles. The molecule has 13 heavy (non-hydrogen) atoms. The number of rotatable bonds is 5. The standard InChI is InChI=1S/C8H15BrN4/c1-3-4-7(9)5-6-8-10-12-13(2)11-8/h7H,3-6H2,1-2H3. The van der Waals surface area contributed by atoms with Crippen molar-refractivity contribution in [3.05, 3.63) is 5.82 Å². The summed E-state index contributed by atoms with van der Waals surface area (Å²) in [5.74, 6) is 0.836. The van der Waals surface area contributed by atoms with Crippen LogP contribution in [0.5, 0.6) is 0 Å². The molecule has 1 aromatic heterocycles. The Kier molecular flexibility index (Phi) is 4.35. The van der Waals surface area contributed by atoms with Gasteiger partial charge in [0.2, 0.25) is 0 Å². The van der Waals surface area contributed by atoms with E-state index in [4.69, 9.17) is 0 Å². The van der Waals surface area contributed by atoms with Gasteiger partial charge in [0.15, 0.2) is 5.82 Å². The van der Waals surface area contributed by atoms with Gasteiger partial charge < -0.3 is 0 Å². The summed E-state index contributed by atoms with van der Waals surface area (Å²) in [6.07, 6.45) is 4.41. The molecule has 0 N–H and O–H groups in total. The number of aryl methyl sites for hydroxylation is 2. The summed E-state index contributed by atoms with van der Waals surface area (Å²) in [6.45, 7) is 2.19. The van der Waals surface area contributed by atoms with Crippen LogP contribution in [0.15, 0.2) is 0 Å². The second kappa shape index (κ2) is 5.32. The first kappa shape index (κ1) is 10.6. The van der Waals surface area contributed by atoms with Gasteiger partial charge in [-0.25, -0.2) is 0 Å². The summed E-state index contributed by atoms with van der Waals surface area (Å²) in [4.78, 5) is 2.08. The number of tetrazole rings is 1. The van der Waals surface area contributed by atoms with Crippen LogP contribution in [0.2, 0.25) is 0 Å². The Bertz CT molecular complexity index is 248. The Morgan fingerprint density at radius 2 is 2.23 bits per heavy atom. The molecule has 1 rings (SSSR count). The smallest absolute Gasteiger partial charge is 0.167 e. The fourth-order valence-corrected chi connectivity index (χ4v) is 1.85. The van der Waals surface area contributed by atoms with E-state index in [-0.39, 0.29) is 0 Å². The van der Waals surface area contributed by atoms with Gasteiger partial charge in [-0.2, -0.15) is 4.80 Å². The van der Waals surface area contributed by atoms with Crippen LogP contribution in [-0.4, -0.2) is 25.0 Å². The van der Waals surface area contributed by atoms with E-state index in [2.05, 4.69) is 38.3 Å². The van der Waals surface area contributed by atoms with E-state index < -0.39 is 0 Å². The first-order valence-electron chi connectivity index (χ1n) is 4.59. The number of nitrogens with zero attached hydrogens (tertiary/aromatic N) is 4. The lowest BCUT2D eigenvalue weighted by atomic mass is 10.1. The van der Waals surface area contributed by atoms with Gasteiger partial charge in [0.05, 0.1) is 7.05 Å². The molecule has 4 nitrogen and oxygen atoms in total. The van der Waals surface area contributed by atoms with Crippen LogP contribution in [0.1, 0.15) is 32.0 Å². The molecule has 0 spiro atoms. The average molecular weight is 247 g/mol. The van der Waals surface area contributed by atoms with Gasteiger partial charge in [-0.05, 0) is 18.1 Å². The highest BCUT2D eigenvalue weighted by Crippen LogP contribution is 2.13. The van der Waals surface area contributed by atoms with Crippen LogP contribution < -0.4 is 0 Å². The molecule has 1 heterocycles. The summed E-state index contributed by atoms with van der Waals surface area (Å²) in [6, 6.07) is 0. The minimum Gasteiger partial charge on any atom is -0.167 e. The lowest BCUT2D eigenvalue weighted by molar-refractivity contribution is 0.624. The summed E-state index contributed by atoms with van der Waals surface area (Å²) in [5.41, 5.74) is 0. The van der Waals surface area contributed by atoms with Crippen molar-refractivity contribution in [1.29, 1.82) is 0 Å². The second-order valence-electron chi connectivity index (χ2n) is 3.12. The molecule has 0 fully saturated rings. The van der Waals surface area contributed by atoms with Crippen LogP contribution in [0.3, 0.4) is 0 Å². The van der Waals surface area contributed by atoms with Crippen LogP contribution in [0.4, 0.5) is 0 Å². The van der Waals surface area contributed by atoms with Crippen molar-refractivity contribution in [3.8, 4) is 0 Å². The molecule has 0 aliphatic rings. The van der Waals surface area contributed by atoms with Crippen LogP contribution in [0.25, 0.3) is 0 Å². The maximum Gasteiger partial charge on any atom is 0.174 e. The number of hydrogen-bond donors (Lipinski definition) is 0. The van der Waals surface area contributed by atoms with Crippen LogP contribution in [0, 0.1) is 0 Å².